The summed E-state index contributed by atoms with van der Waals surface area (Å²) in [6, 6.07) is 31.4. The minimum Gasteiger partial charge on any atom is -0.264 e. The largest absolute Gasteiger partial charge is 2.00 e. The van der Waals surface area contributed by atoms with Gasteiger partial charge in [0, 0.05) is 23.2 Å². The maximum atomic E-state index is 13.4. The zero-order valence-corrected chi connectivity index (χ0v) is 20.7. The molecule has 6 aromatic rings. The molecule has 0 aliphatic heterocycles. The van der Waals surface area contributed by atoms with Gasteiger partial charge in [-0.3, -0.25) is 9.36 Å². The Morgan fingerprint density at radius 2 is 1.03 bits per heavy atom. The smallest absolute Gasteiger partial charge is 0.264 e. The molecule has 2 heterocycles. The summed E-state index contributed by atoms with van der Waals surface area (Å²) in [5, 5.41) is 11.0. The van der Waals surface area contributed by atoms with Crippen molar-refractivity contribution in [1.82, 2.24) is 19.6 Å². The van der Waals surface area contributed by atoms with E-state index in [9.17, 15) is 8.42 Å². The first-order valence-corrected chi connectivity index (χ1v) is 11.8. The molecule has 0 aliphatic carbocycles. The van der Waals surface area contributed by atoms with E-state index in [2.05, 4.69) is 22.3 Å². The molecule has 0 saturated heterocycles. The molecular weight excluding hydrogens is 627 g/mol. The standard InChI is InChI=1S/C26H16N4O2S.Pt/c31-33(32,23-11-5-9-21(15-23)29-17-19-7-1-3-13-25(19)27-29)24-12-6-10-22(16-24)30-18-20-8-2-4-14-26(20)28-30;/h1-14,17-18H;/q-2;+2. The fraction of sp³-hybridized carbons (Fsp3) is 0. The molecule has 34 heavy (non-hydrogen) atoms. The summed E-state index contributed by atoms with van der Waals surface area (Å²) in [5.41, 5.74) is 2.74. The van der Waals surface area contributed by atoms with Crippen LogP contribution in [-0.2, 0) is 30.9 Å². The Morgan fingerprint density at radius 3 is 1.47 bits per heavy atom. The summed E-state index contributed by atoms with van der Waals surface area (Å²) in [7, 11) is -3.85. The number of fused-ring (bicyclic) bond motifs is 2. The van der Waals surface area contributed by atoms with E-state index < -0.39 is 9.84 Å². The maximum Gasteiger partial charge on any atom is 2.00 e. The second-order valence-corrected chi connectivity index (χ2v) is 9.46. The van der Waals surface area contributed by atoms with Gasteiger partial charge >= 0.3 is 21.1 Å². The molecular formula is C26H16N4O2PtS. The summed E-state index contributed by atoms with van der Waals surface area (Å²) in [4.78, 5) is 0.108. The second-order valence-electron chi connectivity index (χ2n) is 7.57. The second kappa shape index (κ2) is 8.67. The van der Waals surface area contributed by atoms with Gasteiger partial charge < -0.3 is 0 Å². The van der Waals surface area contributed by atoms with E-state index >= 15 is 0 Å². The van der Waals surface area contributed by atoms with E-state index in [1.807, 2.05) is 60.9 Å². The Labute approximate surface area is 210 Å². The minimum absolute atomic E-state index is 0. The molecule has 0 radical (unpaired) electrons. The molecule has 0 unspecified atom stereocenters. The molecule has 0 fully saturated rings. The first-order chi connectivity index (χ1) is 16.1. The van der Waals surface area contributed by atoms with E-state index in [0.717, 1.165) is 21.8 Å². The number of hydrogen-bond acceptors (Lipinski definition) is 4. The van der Waals surface area contributed by atoms with Gasteiger partial charge in [0.05, 0.1) is 11.0 Å². The molecule has 0 atom stereocenters. The molecule has 0 saturated carbocycles. The summed E-state index contributed by atoms with van der Waals surface area (Å²) >= 11 is 0. The van der Waals surface area contributed by atoms with Crippen molar-refractivity contribution in [3.8, 4) is 11.4 Å². The van der Waals surface area contributed by atoms with Gasteiger partial charge in [-0.2, -0.15) is 34.5 Å². The predicted molar refractivity (Wildman–Crippen MR) is 125 cm³/mol. The number of rotatable bonds is 4. The molecule has 4 aromatic carbocycles. The van der Waals surface area contributed by atoms with Crippen molar-refractivity contribution in [3.63, 3.8) is 0 Å². The van der Waals surface area contributed by atoms with Crippen LogP contribution >= 0.6 is 0 Å². The fourth-order valence-corrected chi connectivity index (χ4v) is 4.98. The van der Waals surface area contributed by atoms with Gasteiger partial charge in [-0.15, -0.1) is 24.3 Å². The summed E-state index contributed by atoms with van der Waals surface area (Å²) in [6.07, 6.45) is 3.71. The Kier molecular flexibility index (Phi) is 5.68. The van der Waals surface area contributed by atoms with E-state index in [4.69, 9.17) is 0 Å². The molecule has 168 valence electrons. The third kappa shape index (κ3) is 3.87. The molecule has 0 spiro atoms. The zero-order chi connectivity index (χ0) is 22.4. The van der Waals surface area contributed by atoms with Crippen LogP contribution in [0.4, 0.5) is 0 Å². The van der Waals surface area contributed by atoms with Crippen LogP contribution in [0.1, 0.15) is 0 Å². The van der Waals surface area contributed by atoms with Crippen LogP contribution in [-0.4, -0.2) is 28.0 Å². The molecule has 6 rings (SSSR count). The average Bonchev–Trinajstić information content (AvgIpc) is 3.49. The third-order valence-electron chi connectivity index (χ3n) is 5.41. The molecule has 2 aromatic heterocycles. The van der Waals surface area contributed by atoms with Crippen LogP contribution in [0.25, 0.3) is 33.2 Å². The summed E-state index contributed by atoms with van der Waals surface area (Å²) < 4.78 is 30.1. The Morgan fingerprint density at radius 1 is 0.588 bits per heavy atom. The number of aromatic nitrogens is 4. The van der Waals surface area contributed by atoms with Crippen molar-refractivity contribution in [2.75, 3.05) is 0 Å². The molecule has 6 nitrogen and oxygen atoms in total. The van der Waals surface area contributed by atoms with E-state index in [1.165, 1.54) is 12.1 Å². The number of nitrogens with zero attached hydrogens (tertiary/aromatic N) is 4. The zero-order valence-electron chi connectivity index (χ0n) is 17.6. The van der Waals surface area contributed by atoms with Crippen LogP contribution in [0.3, 0.4) is 0 Å². The first kappa shape index (κ1) is 22.3. The van der Waals surface area contributed by atoms with Crippen molar-refractivity contribution in [1.29, 1.82) is 0 Å². The van der Waals surface area contributed by atoms with Crippen LogP contribution in [0, 0.1) is 12.1 Å². The SMILES string of the molecule is O=S(=O)(c1[c-]c(-n2cc3ccccc3n2)ccc1)c1[c-]c(-n2cc3ccccc3n2)ccc1.[Pt+2]. The first-order valence-electron chi connectivity index (χ1n) is 10.3. The molecule has 0 bridgehead atoms. The van der Waals surface area contributed by atoms with Crippen LogP contribution in [0.15, 0.2) is 107 Å². The Hall–Kier alpha value is -3.54. The predicted octanol–water partition coefficient (Wildman–Crippen LogP) is 4.80. The fourth-order valence-electron chi connectivity index (χ4n) is 3.75. The van der Waals surface area contributed by atoms with E-state index in [-0.39, 0.29) is 30.9 Å². The van der Waals surface area contributed by atoms with Crippen molar-refractivity contribution < 1.29 is 29.5 Å². The van der Waals surface area contributed by atoms with Gasteiger partial charge in [0.1, 0.15) is 0 Å². The topological polar surface area (TPSA) is 69.8 Å². The molecule has 8 heteroatoms. The van der Waals surface area contributed by atoms with Gasteiger partial charge in [0.25, 0.3) is 0 Å². The van der Waals surface area contributed by atoms with Gasteiger partial charge in [-0.25, -0.2) is 8.42 Å². The van der Waals surface area contributed by atoms with Crippen molar-refractivity contribution in [2.45, 2.75) is 9.79 Å². The van der Waals surface area contributed by atoms with Crippen LogP contribution in [0.5, 0.6) is 0 Å². The minimum atomic E-state index is -3.85. The number of benzene rings is 4. The van der Waals surface area contributed by atoms with Gasteiger partial charge in [0.15, 0.2) is 9.84 Å². The molecule has 0 aliphatic rings. The normalized spacial score (nSPS) is 11.5. The van der Waals surface area contributed by atoms with Gasteiger partial charge in [0.2, 0.25) is 0 Å². The summed E-state index contributed by atoms with van der Waals surface area (Å²) in [6.45, 7) is 0. The monoisotopic (exact) mass is 643 g/mol. The third-order valence-corrected chi connectivity index (χ3v) is 7.04. The van der Waals surface area contributed by atoms with Crippen molar-refractivity contribution in [2.24, 2.45) is 0 Å². The van der Waals surface area contributed by atoms with Gasteiger partial charge in [-0.1, -0.05) is 36.4 Å². The van der Waals surface area contributed by atoms with Crippen molar-refractivity contribution >= 4 is 31.6 Å². The number of sulfone groups is 1. The van der Waals surface area contributed by atoms with Crippen LogP contribution < -0.4 is 0 Å². The average molecular weight is 644 g/mol. The Balaban J connectivity index is 0.00000241. The molecule has 0 N–H and O–H groups in total. The van der Waals surface area contributed by atoms with E-state index in [1.54, 1.807) is 33.6 Å². The summed E-state index contributed by atoms with van der Waals surface area (Å²) in [5.74, 6) is 0. The number of hydrogen-bond donors (Lipinski definition) is 0. The quantitative estimate of drug-likeness (QED) is 0.259. The van der Waals surface area contributed by atoms with Crippen molar-refractivity contribution in [3.05, 3.63) is 109 Å². The molecule has 0 amide bonds. The Bertz CT molecular complexity index is 1570. The van der Waals surface area contributed by atoms with Gasteiger partial charge in [-0.05, 0) is 33.3 Å². The maximum absolute atomic E-state index is 13.4. The van der Waals surface area contributed by atoms with E-state index in [0.29, 0.717) is 11.4 Å². The van der Waals surface area contributed by atoms with Crippen LogP contribution in [0.2, 0.25) is 0 Å².